The zero-order chi connectivity index (χ0) is 24.0. The minimum atomic E-state index is -3.69. The number of sulfonamides is 1. The van der Waals surface area contributed by atoms with E-state index in [2.05, 4.69) is 15.0 Å². The first-order valence-electron chi connectivity index (χ1n) is 10.5. The Balaban J connectivity index is 1.37. The number of hydrogen-bond acceptors (Lipinski definition) is 5. The van der Waals surface area contributed by atoms with Crippen molar-refractivity contribution in [1.29, 1.82) is 0 Å². The van der Waals surface area contributed by atoms with Crippen molar-refractivity contribution in [2.24, 2.45) is 0 Å². The summed E-state index contributed by atoms with van der Waals surface area (Å²) in [5.74, 6) is 0.492. The van der Waals surface area contributed by atoms with Crippen LogP contribution in [0.2, 0.25) is 0 Å². The fourth-order valence-electron chi connectivity index (χ4n) is 3.29. The third-order valence-corrected chi connectivity index (χ3v) is 6.61. The molecule has 1 heterocycles. The van der Waals surface area contributed by atoms with Crippen molar-refractivity contribution in [3.63, 3.8) is 0 Å². The summed E-state index contributed by atoms with van der Waals surface area (Å²) in [6.45, 7) is 0.104. The van der Waals surface area contributed by atoms with Crippen molar-refractivity contribution in [2.75, 3.05) is 12.4 Å². The Kier molecular flexibility index (Phi) is 7.01. The summed E-state index contributed by atoms with van der Waals surface area (Å²) in [6.07, 6.45) is 3.19. The minimum Gasteiger partial charge on any atom is -0.497 e. The van der Waals surface area contributed by atoms with Crippen molar-refractivity contribution in [3.05, 3.63) is 108 Å². The van der Waals surface area contributed by atoms with E-state index < -0.39 is 10.0 Å². The van der Waals surface area contributed by atoms with E-state index in [1.807, 2.05) is 24.3 Å². The molecule has 4 aromatic rings. The van der Waals surface area contributed by atoms with Crippen molar-refractivity contribution < 1.29 is 17.9 Å². The SMILES string of the molecule is COc1ccc(-c2ccc(S(=O)(=O)NCc3ccc(C(=O)Nc4cccnc4)cc3)cc2)cc1. The molecular weight excluding hydrogens is 450 g/mol. The Labute approximate surface area is 198 Å². The van der Waals surface area contributed by atoms with Crippen LogP contribution in [0.25, 0.3) is 11.1 Å². The molecule has 7 nitrogen and oxygen atoms in total. The highest BCUT2D eigenvalue weighted by Crippen LogP contribution is 2.24. The third kappa shape index (κ3) is 5.67. The van der Waals surface area contributed by atoms with Gasteiger partial charge in [0.1, 0.15) is 5.75 Å². The van der Waals surface area contributed by atoms with Gasteiger partial charge in [-0.25, -0.2) is 13.1 Å². The quantitative estimate of drug-likeness (QED) is 0.393. The monoisotopic (exact) mass is 473 g/mol. The van der Waals surface area contributed by atoms with Gasteiger partial charge < -0.3 is 10.1 Å². The zero-order valence-corrected chi connectivity index (χ0v) is 19.2. The number of carbonyl (C=O) groups is 1. The molecule has 0 bridgehead atoms. The van der Waals surface area contributed by atoms with Crippen molar-refractivity contribution in [1.82, 2.24) is 9.71 Å². The fourth-order valence-corrected chi connectivity index (χ4v) is 4.30. The van der Waals surface area contributed by atoms with Crippen LogP contribution in [0.1, 0.15) is 15.9 Å². The number of aromatic nitrogens is 1. The molecular formula is C26H23N3O4S. The van der Waals surface area contributed by atoms with Gasteiger partial charge in [-0.05, 0) is 65.2 Å². The number of nitrogens with zero attached hydrogens (tertiary/aromatic N) is 1. The number of hydrogen-bond donors (Lipinski definition) is 2. The lowest BCUT2D eigenvalue weighted by molar-refractivity contribution is 0.102. The Morgan fingerprint density at radius 3 is 2.12 bits per heavy atom. The van der Waals surface area contributed by atoms with Crippen molar-refractivity contribution >= 4 is 21.6 Å². The first-order valence-corrected chi connectivity index (χ1v) is 12.0. The molecule has 0 radical (unpaired) electrons. The highest BCUT2D eigenvalue weighted by atomic mass is 32.2. The smallest absolute Gasteiger partial charge is 0.255 e. The number of anilines is 1. The van der Waals surface area contributed by atoms with Gasteiger partial charge in [0.15, 0.2) is 0 Å². The Hall–Kier alpha value is -4.01. The first-order chi connectivity index (χ1) is 16.4. The summed E-state index contributed by atoms with van der Waals surface area (Å²) in [4.78, 5) is 16.5. The van der Waals surface area contributed by atoms with Crippen LogP contribution in [0.15, 0.2) is 102 Å². The highest BCUT2D eigenvalue weighted by Gasteiger charge is 2.14. The second-order valence-corrected chi connectivity index (χ2v) is 9.24. The molecule has 0 spiro atoms. The molecule has 172 valence electrons. The van der Waals surface area contributed by atoms with Crippen LogP contribution in [0.3, 0.4) is 0 Å². The van der Waals surface area contributed by atoms with E-state index in [1.165, 1.54) is 0 Å². The van der Waals surface area contributed by atoms with Crippen molar-refractivity contribution in [3.8, 4) is 16.9 Å². The summed E-state index contributed by atoms with van der Waals surface area (Å²) in [5.41, 5.74) is 3.66. The molecule has 8 heteroatoms. The number of ether oxygens (including phenoxy) is 1. The lowest BCUT2D eigenvalue weighted by Gasteiger charge is -2.09. The third-order valence-electron chi connectivity index (χ3n) is 5.19. The molecule has 0 saturated heterocycles. The van der Waals surface area contributed by atoms with Gasteiger partial charge in [-0.2, -0.15) is 0 Å². The van der Waals surface area contributed by atoms with Crippen LogP contribution in [0.4, 0.5) is 5.69 Å². The van der Waals surface area contributed by atoms with Gasteiger partial charge in [0.05, 0.1) is 23.9 Å². The van der Waals surface area contributed by atoms with Gasteiger partial charge in [0.2, 0.25) is 10.0 Å². The second-order valence-electron chi connectivity index (χ2n) is 7.47. The molecule has 4 rings (SSSR count). The summed E-state index contributed by atoms with van der Waals surface area (Å²) >= 11 is 0. The van der Waals surface area contributed by atoms with Gasteiger partial charge >= 0.3 is 0 Å². The fraction of sp³-hybridized carbons (Fsp3) is 0.0769. The average Bonchev–Trinajstić information content (AvgIpc) is 2.88. The van der Waals surface area contributed by atoms with Gasteiger partial charge in [-0.15, -0.1) is 0 Å². The molecule has 0 saturated carbocycles. The number of methoxy groups -OCH3 is 1. The van der Waals surface area contributed by atoms with E-state index in [1.54, 1.807) is 80.2 Å². The van der Waals surface area contributed by atoms with Crippen molar-refractivity contribution in [2.45, 2.75) is 11.4 Å². The standard InChI is InChI=1S/C26H23N3O4S/c1-33-24-12-8-20(9-13-24)21-10-14-25(15-11-21)34(31,32)28-17-19-4-6-22(7-5-19)26(30)29-23-3-2-16-27-18-23/h2-16,18,28H,17H2,1H3,(H,29,30). The molecule has 1 amide bonds. The van der Waals surface area contributed by atoms with Crippen LogP contribution in [-0.2, 0) is 16.6 Å². The van der Waals surface area contributed by atoms with Crippen LogP contribution in [0, 0.1) is 0 Å². The molecule has 0 aliphatic carbocycles. The minimum absolute atomic E-state index is 0.104. The maximum Gasteiger partial charge on any atom is 0.255 e. The predicted molar refractivity (Wildman–Crippen MR) is 131 cm³/mol. The maximum atomic E-state index is 12.7. The summed E-state index contributed by atoms with van der Waals surface area (Å²) in [7, 11) is -2.08. The molecule has 3 aromatic carbocycles. The topological polar surface area (TPSA) is 97.4 Å². The Bertz CT molecular complexity index is 1350. The summed E-state index contributed by atoms with van der Waals surface area (Å²) in [5, 5.41) is 2.76. The van der Waals surface area contributed by atoms with Crippen LogP contribution < -0.4 is 14.8 Å². The molecule has 2 N–H and O–H groups in total. The van der Waals surface area contributed by atoms with E-state index in [4.69, 9.17) is 4.74 Å². The van der Waals surface area contributed by atoms with Gasteiger partial charge in [-0.3, -0.25) is 9.78 Å². The van der Waals surface area contributed by atoms with Crippen LogP contribution >= 0.6 is 0 Å². The summed E-state index contributed by atoms with van der Waals surface area (Å²) < 4.78 is 33.2. The van der Waals surface area contributed by atoms with E-state index in [0.29, 0.717) is 11.3 Å². The number of carbonyl (C=O) groups excluding carboxylic acids is 1. The van der Waals surface area contributed by atoms with E-state index >= 15 is 0 Å². The van der Waals surface area contributed by atoms with Crippen LogP contribution in [-0.4, -0.2) is 26.4 Å². The molecule has 0 aliphatic heterocycles. The number of benzene rings is 3. The van der Waals surface area contributed by atoms with E-state index in [-0.39, 0.29) is 17.3 Å². The largest absolute Gasteiger partial charge is 0.497 e. The van der Waals surface area contributed by atoms with Gasteiger partial charge in [-0.1, -0.05) is 36.4 Å². The normalized spacial score (nSPS) is 11.1. The number of amides is 1. The number of rotatable bonds is 8. The molecule has 0 atom stereocenters. The average molecular weight is 474 g/mol. The molecule has 1 aromatic heterocycles. The number of nitrogens with one attached hydrogen (secondary N) is 2. The van der Waals surface area contributed by atoms with Gasteiger partial charge in [0, 0.05) is 18.3 Å². The first kappa shape index (κ1) is 23.2. The molecule has 0 aliphatic rings. The second kappa shape index (κ2) is 10.3. The predicted octanol–water partition coefficient (Wildman–Crippen LogP) is 4.49. The lowest BCUT2D eigenvalue weighted by atomic mass is 10.1. The zero-order valence-electron chi connectivity index (χ0n) is 18.4. The van der Waals surface area contributed by atoms with Crippen LogP contribution in [0.5, 0.6) is 5.75 Å². The molecule has 34 heavy (non-hydrogen) atoms. The molecule has 0 unspecified atom stereocenters. The molecule has 0 fully saturated rings. The number of pyridine rings is 1. The lowest BCUT2D eigenvalue weighted by Crippen LogP contribution is -2.23. The van der Waals surface area contributed by atoms with E-state index in [0.717, 1.165) is 22.4 Å². The Morgan fingerprint density at radius 1 is 0.882 bits per heavy atom. The maximum absolute atomic E-state index is 12.7. The van der Waals surface area contributed by atoms with E-state index in [9.17, 15) is 13.2 Å². The summed E-state index contributed by atoms with van der Waals surface area (Å²) in [6, 6.07) is 24.5. The highest BCUT2D eigenvalue weighted by molar-refractivity contribution is 7.89. The Morgan fingerprint density at radius 2 is 1.53 bits per heavy atom. The van der Waals surface area contributed by atoms with Gasteiger partial charge in [0.25, 0.3) is 5.91 Å².